The van der Waals surface area contributed by atoms with Crippen LogP contribution in [0.5, 0.6) is 5.75 Å². The van der Waals surface area contributed by atoms with Gasteiger partial charge >= 0.3 is 0 Å². The molecule has 34 heavy (non-hydrogen) atoms. The largest absolute Gasteiger partial charge is 0.497 e. The van der Waals surface area contributed by atoms with Gasteiger partial charge in [0.15, 0.2) is 0 Å². The van der Waals surface area contributed by atoms with Crippen LogP contribution in [0.3, 0.4) is 0 Å². The first kappa shape index (κ1) is 23.4. The fourth-order valence-corrected chi connectivity index (χ4v) is 3.69. The Hall–Kier alpha value is -3.81. The van der Waals surface area contributed by atoms with E-state index >= 15 is 0 Å². The molecular weight excluding hydrogens is 477 g/mol. The van der Waals surface area contributed by atoms with Crippen molar-refractivity contribution in [3.63, 3.8) is 0 Å². The van der Waals surface area contributed by atoms with Crippen molar-refractivity contribution in [1.82, 2.24) is 0 Å². The molecule has 0 aliphatic carbocycles. The summed E-state index contributed by atoms with van der Waals surface area (Å²) in [6.45, 7) is 1.88. The van der Waals surface area contributed by atoms with Crippen LogP contribution in [-0.2, 0) is 9.59 Å². The van der Waals surface area contributed by atoms with Crippen molar-refractivity contribution in [3.8, 4) is 5.75 Å². The molecule has 0 fully saturated rings. The Balaban J connectivity index is 1.47. The molecule has 0 radical (unpaired) electrons. The fraction of sp³-hybridized carbons (Fsp3) is 0.0800. The fourth-order valence-electron chi connectivity index (χ4n) is 3.30. The van der Waals surface area contributed by atoms with Gasteiger partial charge in [0, 0.05) is 22.0 Å². The Labute approximate surface area is 205 Å². The van der Waals surface area contributed by atoms with E-state index in [2.05, 4.69) is 10.6 Å². The number of carbonyl (C=O) groups excluding carboxylic acids is 3. The topological polar surface area (TPSA) is 87.7 Å². The Morgan fingerprint density at radius 1 is 0.882 bits per heavy atom. The van der Waals surface area contributed by atoms with Gasteiger partial charge in [-0.1, -0.05) is 29.3 Å². The van der Waals surface area contributed by atoms with Crippen molar-refractivity contribution >= 4 is 58.0 Å². The minimum atomic E-state index is -0.632. The molecule has 3 aromatic rings. The zero-order valence-electron chi connectivity index (χ0n) is 18.2. The van der Waals surface area contributed by atoms with Gasteiger partial charge in [-0.25, -0.2) is 4.90 Å². The summed E-state index contributed by atoms with van der Waals surface area (Å²) < 4.78 is 5.10. The van der Waals surface area contributed by atoms with E-state index in [0.29, 0.717) is 33.4 Å². The minimum Gasteiger partial charge on any atom is -0.497 e. The Bertz CT molecular complexity index is 1320. The number of carbonyl (C=O) groups is 3. The highest BCUT2D eigenvalue weighted by Crippen LogP contribution is 2.31. The number of nitrogens with zero attached hydrogens (tertiary/aromatic N) is 1. The van der Waals surface area contributed by atoms with Crippen molar-refractivity contribution in [2.24, 2.45) is 0 Å². The van der Waals surface area contributed by atoms with Crippen LogP contribution in [0.25, 0.3) is 0 Å². The molecule has 3 amide bonds. The van der Waals surface area contributed by atoms with E-state index in [9.17, 15) is 14.4 Å². The summed E-state index contributed by atoms with van der Waals surface area (Å²) in [6, 6.07) is 18.1. The first-order valence-corrected chi connectivity index (χ1v) is 10.9. The molecule has 1 aliphatic rings. The first-order valence-electron chi connectivity index (χ1n) is 10.2. The number of hydrogen-bond donors (Lipinski definition) is 2. The van der Waals surface area contributed by atoms with Gasteiger partial charge in [-0.15, -0.1) is 0 Å². The lowest BCUT2D eigenvalue weighted by molar-refractivity contribution is -0.120. The summed E-state index contributed by atoms with van der Waals surface area (Å²) in [5.41, 5.74) is 2.70. The summed E-state index contributed by atoms with van der Waals surface area (Å²) in [4.78, 5) is 39.0. The van der Waals surface area contributed by atoms with E-state index in [1.165, 1.54) is 7.11 Å². The molecule has 0 saturated carbocycles. The van der Waals surface area contributed by atoms with Gasteiger partial charge in [-0.05, 0) is 73.2 Å². The number of hydrogen-bond acceptors (Lipinski definition) is 5. The third-order valence-electron chi connectivity index (χ3n) is 5.20. The van der Waals surface area contributed by atoms with Gasteiger partial charge < -0.3 is 15.4 Å². The van der Waals surface area contributed by atoms with Crippen LogP contribution < -0.4 is 20.3 Å². The van der Waals surface area contributed by atoms with Crippen LogP contribution in [0.4, 0.5) is 17.1 Å². The molecule has 0 unspecified atom stereocenters. The third kappa shape index (κ3) is 4.62. The van der Waals surface area contributed by atoms with Crippen molar-refractivity contribution in [3.05, 3.63) is 93.6 Å². The maximum Gasteiger partial charge on any atom is 0.283 e. The van der Waals surface area contributed by atoms with E-state index < -0.39 is 11.8 Å². The highest BCUT2D eigenvalue weighted by atomic mass is 35.5. The van der Waals surface area contributed by atoms with E-state index in [1.807, 2.05) is 13.0 Å². The first-order chi connectivity index (χ1) is 16.3. The predicted octanol–water partition coefficient (Wildman–Crippen LogP) is 5.35. The summed E-state index contributed by atoms with van der Waals surface area (Å²) in [6.07, 6.45) is 0. The number of methoxy groups -OCH3 is 1. The second kappa shape index (κ2) is 9.59. The van der Waals surface area contributed by atoms with Crippen LogP contribution in [-0.4, -0.2) is 24.8 Å². The smallest absolute Gasteiger partial charge is 0.283 e. The highest BCUT2D eigenvalue weighted by molar-refractivity contribution is 6.53. The predicted molar refractivity (Wildman–Crippen MR) is 133 cm³/mol. The van der Waals surface area contributed by atoms with Gasteiger partial charge in [0.25, 0.3) is 17.7 Å². The van der Waals surface area contributed by atoms with Crippen LogP contribution in [0.2, 0.25) is 5.02 Å². The Morgan fingerprint density at radius 3 is 2.15 bits per heavy atom. The molecular formula is C25H19Cl2N3O4. The maximum atomic E-state index is 12.9. The lowest BCUT2D eigenvalue weighted by atomic mass is 10.1. The quantitative estimate of drug-likeness (QED) is 0.450. The molecule has 0 atom stereocenters. The number of aryl methyl sites for hydroxylation is 1. The van der Waals surface area contributed by atoms with Crippen molar-refractivity contribution < 1.29 is 19.1 Å². The van der Waals surface area contributed by atoms with Crippen molar-refractivity contribution in [2.75, 3.05) is 22.6 Å². The van der Waals surface area contributed by atoms with Gasteiger partial charge in [0.2, 0.25) is 0 Å². The SMILES string of the molecule is COc1ccc(N2C(=O)C(Cl)=C(Nc3ccc(C(=O)Nc4ccc(C)c(Cl)c4)cc3)C2=O)cc1. The minimum absolute atomic E-state index is 0.0472. The second-order valence-electron chi connectivity index (χ2n) is 7.45. The number of ether oxygens (including phenoxy) is 1. The zero-order chi connectivity index (χ0) is 24.4. The molecule has 0 bridgehead atoms. The second-order valence-corrected chi connectivity index (χ2v) is 8.24. The van der Waals surface area contributed by atoms with E-state index in [-0.39, 0.29) is 16.6 Å². The van der Waals surface area contributed by atoms with Crippen LogP contribution in [0.15, 0.2) is 77.5 Å². The highest BCUT2D eigenvalue weighted by Gasteiger charge is 2.38. The monoisotopic (exact) mass is 495 g/mol. The van der Waals surface area contributed by atoms with Crippen LogP contribution in [0, 0.1) is 6.92 Å². The summed E-state index contributed by atoms with van der Waals surface area (Å²) in [7, 11) is 1.52. The number of halogens is 2. The third-order valence-corrected chi connectivity index (χ3v) is 5.96. The molecule has 0 aromatic heterocycles. The van der Waals surface area contributed by atoms with E-state index in [0.717, 1.165) is 10.5 Å². The maximum absolute atomic E-state index is 12.9. The molecule has 4 rings (SSSR count). The summed E-state index contributed by atoms with van der Waals surface area (Å²) >= 11 is 12.3. The van der Waals surface area contributed by atoms with E-state index in [1.54, 1.807) is 60.7 Å². The van der Waals surface area contributed by atoms with Crippen molar-refractivity contribution in [2.45, 2.75) is 6.92 Å². The molecule has 7 nitrogen and oxygen atoms in total. The lowest BCUT2D eigenvalue weighted by Gasteiger charge is -2.15. The summed E-state index contributed by atoms with van der Waals surface area (Å²) in [5, 5.41) is 6.00. The molecule has 2 N–H and O–H groups in total. The molecule has 9 heteroatoms. The lowest BCUT2D eigenvalue weighted by Crippen LogP contribution is -2.32. The average Bonchev–Trinajstić information content (AvgIpc) is 3.05. The number of amides is 3. The van der Waals surface area contributed by atoms with E-state index in [4.69, 9.17) is 27.9 Å². The number of anilines is 3. The van der Waals surface area contributed by atoms with Gasteiger partial charge in [-0.3, -0.25) is 14.4 Å². The number of benzene rings is 3. The normalized spacial score (nSPS) is 13.4. The molecule has 0 spiro atoms. The molecule has 1 aliphatic heterocycles. The summed E-state index contributed by atoms with van der Waals surface area (Å²) in [5.74, 6) is -0.943. The molecule has 172 valence electrons. The van der Waals surface area contributed by atoms with Crippen LogP contribution in [0.1, 0.15) is 15.9 Å². The zero-order valence-corrected chi connectivity index (χ0v) is 19.7. The molecule has 3 aromatic carbocycles. The van der Waals surface area contributed by atoms with Gasteiger partial charge in [0.05, 0.1) is 12.8 Å². The number of rotatable bonds is 6. The number of nitrogens with one attached hydrogen (secondary N) is 2. The van der Waals surface area contributed by atoms with Crippen LogP contribution >= 0.6 is 23.2 Å². The van der Waals surface area contributed by atoms with Gasteiger partial charge in [-0.2, -0.15) is 0 Å². The Morgan fingerprint density at radius 2 is 1.53 bits per heavy atom. The molecule has 0 saturated heterocycles. The molecule has 1 heterocycles. The number of imide groups is 1. The van der Waals surface area contributed by atoms with Gasteiger partial charge in [0.1, 0.15) is 16.5 Å². The Kier molecular flexibility index (Phi) is 6.58. The average molecular weight is 496 g/mol. The standard InChI is InChI=1S/C25H19Cl2N3O4/c1-14-3-6-17(13-20(14)26)29-23(31)15-4-7-16(8-5-15)28-22-21(27)24(32)30(25(22)33)18-9-11-19(34-2)12-10-18/h3-13,28H,1-2H3,(H,29,31). The van der Waals surface area contributed by atoms with Crippen molar-refractivity contribution in [1.29, 1.82) is 0 Å².